The van der Waals surface area contributed by atoms with Gasteiger partial charge in [-0.25, -0.2) is 8.42 Å². The first-order chi connectivity index (χ1) is 9.43. The van der Waals surface area contributed by atoms with Gasteiger partial charge in [0.05, 0.1) is 28.0 Å². The van der Waals surface area contributed by atoms with Gasteiger partial charge in [-0.2, -0.15) is 0 Å². The summed E-state index contributed by atoms with van der Waals surface area (Å²) in [5.74, 6) is 1.22. The summed E-state index contributed by atoms with van der Waals surface area (Å²) >= 11 is 9.92. The van der Waals surface area contributed by atoms with Crippen molar-refractivity contribution >= 4 is 37.4 Å². The molecule has 0 spiro atoms. The summed E-state index contributed by atoms with van der Waals surface area (Å²) in [5, 5.41) is -0.274. The monoisotopic (exact) mass is 380 g/mol. The number of benzene rings is 1. The van der Waals surface area contributed by atoms with Gasteiger partial charge in [-0.15, -0.1) is 11.6 Å². The third-order valence-electron chi connectivity index (χ3n) is 3.42. The molecule has 1 aliphatic rings. The molecule has 0 bridgehead atoms. The van der Waals surface area contributed by atoms with Crippen LogP contribution in [0.3, 0.4) is 0 Å². The van der Waals surface area contributed by atoms with E-state index in [0.29, 0.717) is 13.0 Å². The van der Waals surface area contributed by atoms with E-state index in [1.54, 1.807) is 0 Å². The highest BCUT2D eigenvalue weighted by molar-refractivity contribution is 9.10. The molecule has 1 aromatic rings. The van der Waals surface area contributed by atoms with Crippen LogP contribution in [-0.2, 0) is 9.84 Å². The van der Waals surface area contributed by atoms with Crippen molar-refractivity contribution in [1.29, 1.82) is 0 Å². The normalized spacial score (nSPS) is 22.6. The maximum atomic E-state index is 11.5. The highest BCUT2D eigenvalue weighted by Crippen LogP contribution is 2.38. The van der Waals surface area contributed by atoms with Crippen molar-refractivity contribution in [2.45, 2.75) is 25.1 Å². The van der Waals surface area contributed by atoms with Crippen LogP contribution in [0.1, 0.15) is 30.7 Å². The Balaban J connectivity index is 2.11. The molecule has 112 valence electrons. The minimum Gasteiger partial charge on any atom is -0.492 e. The van der Waals surface area contributed by atoms with E-state index in [0.717, 1.165) is 22.2 Å². The van der Waals surface area contributed by atoms with Gasteiger partial charge in [0.15, 0.2) is 9.84 Å². The first-order valence-corrected chi connectivity index (χ1v) is 9.75. The molecule has 1 aromatic carbocycles. The summed E-state index contributed by atoms with van der Waals surface area (Å²) in [6, 6.07) is 5.72. The van der Waals surface area contributed by atoms with Crippen LogP contribution >= 0.6 is 27.5 Å². The van der Waals surface area contributed by atoms with Crippen LogP contribution in [0.15, 0.2) is 22.7 Å². The quantitative estimate of drug-likeness (QED) is 0.725. The zero-order valence-electron chi connectivity index (χ0n) is 11.3. The predicted octanol–water partition coefficient (Wildman–Crippen LogP) is 3.95. The Kier molecular flexibility index (Phi) is 5.37. The topological polar surface area (TPSA) is 43.4 Å². The summed E-state index contributed by atoms with van der Waals surface area (Å²) in [4.78, 5) is 0. The van der Waals surface area contributed by atoms with E-state index in [1.165, 1.54) is 0 Å². The van der Waals surface area contributed by atoms with Crippen LogP contribution in [0.4, 0.5) is 0 Å². The van der Waals surface area contributed by atoms with Crippen molar-refractivity contribution in [2.24, 2.45) is 5.92 Å². The highest BCUT2D eigenvalue weighted by atomic mass is 79.9. The lowest BCUT2D eigenvalue weighted by Crippen LogP contribution is -2.10. The first-order valence-electron chi connectivity index (χ1n) is 6.69. The van der Waals surface area contributed by atoms with Gasteiger partial charge in [0.2, 0.25) is 0 Å². The van der Waals surface area contributed by atoms with Crippen molar-refractivity contribution in [2.75, 3.05) is 18.1 Å². The van der Waals surface area contributed by atoms with Gasteiger partial charge in [0.25, 0.3) is 0 Å². The van der Waals surface area contributed by atoms with Crippen molar-refractivity contribution in [3.63, 3.8) is 0 Å². The van der Waals surface area contributed by atoms with Crippen LogP contribution in [0.5, 0.6) is 5.75 Å². The van der Waals surface area contributed by atoms with Crippen LogP contribution in [0.2, 0.25) is 0 Å². The van der Waals surface area contributed by atoms with Crippen molar-refractivity contribution in [3.05, 3.63) is 28.2 Å². The second-order valence-electron chi connectivity index (χ2n) is 5.10. The molecule has 2 rings (SSSR count). The maximum Gasteiger partial charge on any atom is 0.150 e. The van der Waals surface area contributed by atoms with E-state index in [4.69, 9.17) is 16.3 Å². The molecule has 20 heavy (non-hydrogen) atoms. The third-order valence-corrected chi connectivity index (χ3v) is 6.44. The maximum absolute atomic E-state index is 11.5. The molecule has 1 aliphatic heterocycles. The third kappa shape index (κ3) is 3.89. The van der Waals surface area contributed by atoms with Crippen LogP contribution in [0.25, 0.3) is 0 Å². The molecule has 0 saturated carbocycles. The number of alkyl halides is 1. The standard InChI is InChI=1S/C14H18BrClO3S/c1-2-6-19-13-4-3-10(8-12(13)15)14(16)11-5-7-20(17,18)9-11/h3-4,8,11,14H,2,5-7,9H2,1H3. The SMILES string of the molecule is CCCOc1ccc(C(Cl)C2CCS(=O)(=O)C2)cc1Br. The fourth-order valence-corrected chi connectivity index (χ4v) is 5.15. The lowest BCUT2D eigenvalue weighted by atomic mass is 9.98. The van der Waals surface area contributed by atoms with Gasteiger partial charge >= 0.3 is 0 Å². The summed E-state index contributed by atoms with van der Waals surface area (Å²) in [6.07, 6.45) is 1.59. The number of sulfone groups is 1. The van der Waals surface area contributed by atoms with E-state index < -0.39 is 9.84 Å². The highest BCUT2D eigenvalue weighted by Gasteiger charge is 2.33. The van der Waals surface area contributed by atoms with Crippen molar-refractivity contribution in [3.8, 4) is 5.75 Å². The molecular weight excluding hydrogens is 364 g/mol. The average Bonchev–Trinajstić information content (AvgIpc) is 2.77. The zero-order chi connectivity index (χ0) is 14.8. The fraction of sp³-hybridized carbons (Fsp3) is 0.571. The Hall–Kier alpha value is -0.260. The number of hydrogen-bond acceptors (Lipinski definition) is 3. The average molecular weight is 382 g/mol. The predicted molar refractivity (Wildman–Crippen MR) is 85.3 cm³/mol. The van der Waals surface area contributed by atoms with E-state index in [9.17, 15) is 8.42 Å². The minimum atomic E-state index is -2.90. The van der Waals surface area contributed by atoms with E-state index in [1.807, 2.05) is 18.2 Å². The largest absolute Gasteiger partial charge is 0.492 e. The Morgan fingerprint density at radius 3 is 2.80 bits per heavy atom. The van der Waals surface area contributed by atoms with Crippen LogP contribution < -0.4 is 4.74 Å². The van der Waals surface area contributed by atoms with Gasteiger partial charge in [-0.1, -0.05) is 13.0 Å². The summed E-state index contributed by atoms with van der Waals surface area (Å²) in [5.41, 5.74) is 0.935. The van der Waals surface area contributed by atoms with Crippen LogP contribution in [0, 0.1) is 5.92 Å². The second kappa shape index (κ2) is 6.67. The van der Waals surface area contributed by atoms with Crippen LogP contribution in [-0.4, -0.2) is 26.5 Å². The molecule has 1 fully saturated rings. The molecule has 0 amide bonds. The fourth-order valence-electron chi connectivity index (χ4n) is 2.34. The minimum absolute atomic E-state index is 0.00373. The van der Waals surface area contributed by atoms with Crippen molar-refractivity contribution < 1.29 is 13.2 Å². The number of ether oxygens (including phenoxy) is 1. The lowest BCUT2D eigenvalue weighted by molar-refractivity contribution is 0.315. The lowest BCUT2D eigenvalue weighted by Gasteiger charge is -2.17. The Bertz CT molecular complexity index is 574. The first kappa shape index (κ1) is 16.1. The molecule has 2 unspecified atom stereocenters. The van der Waals surface area contributed by atoms with E-state index in [2.05, 4.69) is 22.9 Å². The molecule has 1 saturated heterocycles. The van der Waals surface area contributed by atoms with E-state index in [-0.39, 0.29) is 22.8 Å². The molecule has 0 aromatic heterocycles. The molecule has 0 radical (unpaired) electrons. The molecule has 0 N–H and O–H groups in total. The Morgan fingerprint density at radius 2 is 2.25 bits per heavy atom. The number of halogens is 2. The Morgan fingerprint density at radius 1 is 1.50 bits per heavy atom. The number of rotatable bonds is 5. The van der Waals surface area contributed by atoms with Gasteiger partial charge < -0.3 is 4.74 Å². The van der Waals surface area contributed by atoms with Gasteiger partial charge in [0.1, 0.15) is 5.75 Å². The molecule has 0 aliphatic carbocycles. The molecule has 1 heterocycles. The summed E-state index contributed by atoms with van der Waals surface area (Å²) in [6.45, 7) is 2.72. The molecular formula is C14H18BrClO3S. The molecule has 6 heteroatoms. The molecule has 2 atom stereocenters. The van der Waals surface area contributed by atoms with Gasteiger partial charge in [-0.3, -0.25) is 0 Å². The number of hydrogen-bond donors (Lipinski definition) is 0. The summed E-state index contributed by atoms with van der Waals surface area (Å²) < 4.78 is 29.5. The van der Waals surface area contributed by atoms with Gasteiger partial charge in [0, 0.05) is 0 Å². The van der Waals surface area contributed by atoms with Gasteiger partial charge in [-0.05, 0) is 52.4 Å². The Labute approximate surface area is 133 Å². The molecule has 3 nitrogen and oxygen atoms in total. The summed E-state index contributed by atoms with van der Waals surface area (Å²) in [7, 11) is -2.90. The second-order valence-corrected chi connectivity index (χ2v) is 8.66. The zero-order valence-corrected chi connectivity index (χ0v) is 14.5. The van der Waals surface area contributed by atoms with Crippen molar-refractivity contribution in [1.82, 2.24) is 0 Å². The smallest absolute Gasteiger partial charge is 0.150 e. The van der Waals surface area contributed by atoms with E-state index >= 15 is 0 Å².